The Bertz CT molecular complexity index is 1000. The molecule has 3 rings (SSSR count). The van der Waals surface area contributed by atoms with Gasteiger partial charge in [-0.05, 0) is 43.2 Å². The van der Waals surface area contributed by atoms with Crippen LogP contribution in [0, 0.1) is 5.92 Å². The maximum atomic E-state index is 12.9. The third-order valence-corrected chi connectivity index (χ3v) is 7.03. The highest BCUT2D eigenvalue weighted by Gasteiger charge is 2.35. The largest absolute Gasteiger partial charge is 0.493 e. The summed E-state index contributed by atoms with van der Waals surface area (Å²) < 4.78 is 76.1. The predicted octanol–water partition coefficient (Wildman–Crippen LogP) is 4.12. The second kappa shape index (κ2) is 10.4. The number of halogens is 3. The first-order chi connectivity index (χ1) is 15.2. The lowest BCUT2D eigenvalue weighted by Gasteiger charge is -2.30. The molecule has 0 amide bonds. The van der Waals surface area contributed by atoms with E-state index in [-0.39, 0.29) is 32.5 Å². The summed E-state index contributed by atoms with van der Waals surface area (Å²) in [5.74, 6) is -0.119. The van der Waals surface area contributed by atoms with E-state index in [1.54, 1.807) is 0 Å². The second-order valence-corrected chi connectivity index (χ2v) is 9.32. The summed E-state index contributed by atoms with van der Waals surface area (Å²) in [6.07, 6.45) is -3.62. The minimum atomic E-state index is -4.63. The Labute approximate surface area is 185 Å². The minimum Gasteiger partial charge on any atom is -0.493 e. The minimum absolute atomic E-state index is 0.0372. The zero-order valence-corrected chi connectivity index (χ0v) is 18.1. The van der Waals surface area contributed by atoms with Crippen molar-refractivity contribution in [1.82, 2.24) is 4.31 Å². The molecule has 32 heavy (non-hydrogen) atoms. The fourth-order valence-electron chi connectivity index (χ4n) is 3.37. The molecule has 1 fully saturated rings. The van der Waals surface area contributed by atoms with Crippen LogP contribution in [0.2, 0.25) is 0 Å². The number of sulfonamides is 1. The topological polar surface area (TPSA) is 72.9 Å². The van der Waals surface area contributed by atoms with E-state index in [2.05, 4.69) is 0 Å². The number of carbonyl (C=O) groups is 1. The summed E-state index contributed by atoms with van der Waals surface area (Å²) in [4.78, 5) is 11.8. The molecule has 0 unspecified atom stereocenters. The highest BCUT2D eigenvalue weighted by molar-refractivity contribution is 7.89. The van der Waals surface area contributed by atoms with Gasteiger partial charge in [0.15, 0.2) is 0 Å². The smallest absolute Gasteiger partial charge is 0.416 e. The molecule has 0 bridgehead atoms. The normalized spacial score (nSPS) is 16.0. The third-order valence-electron chi connectivity index (χ3n) is 5.13. The Morgan fingerprint density at radius 1 is 1.00 bits per heavy atom. The van der Waals surface area contributed by atoms with Crippen molar-refractivity contribution in [1.29, 1.82) is 0 Å². The van der Waals surface area contributed by atoms with E-state index in [4.69, 9.17) is 9.47 Å². The van der Waals surface area contributed by atoms with Crippen molar-refractivity contribution in [3.63, 3.8) is 0 Å². The molecule has 1 aliphatic heterocycles. The van der Waals surface area contributed by atoms with E-state index in [9.17, 15) is 26.4 Å². The average Bonchev–Trinajstić information content (AvgIpc) is 2.79. The van der Waals surface area contributed by atoms with E-state index in [1.165, 1.54) is 0 Å². The van der Waals surface area contributed by atoms with Gasteiger partial charge in [-0.25, -0.2) is 8.42 Å². The third kappa shape index (κ3) is 6.23. The Morgan fingerprint density at radius 3 is 2.34 bits per heavy atom. The molecule has 0 radical (unpaired) electrons. The van der Waals surface area contributed by atoms with E-state index in [1.807, 2.05) is 30.3 Å². The first-order valence-electron chi connectivity index (χ1n) is 10.2. The van der Waals surface area contributed by atoms with E-state index >= 15 is 0 Å². The summed E-state index contributed by atoms with van der Waals surface area (Å²) in [5.41, 5.74) is -1.02. The molecule has 0 atom stereocenters. The van der Waals surface area contributed by atoms with Gasteiger partial charge in [0.1, 0.15) is 5.75 Å². The zero-order chi connectivity index (χ0) is 23.2. The molecule has 174 valence electrons. The second-order valence-electron chi connectivity index (χ2n) is 7.39. The van der Waals surface area contributed by atoms with Crippen LogP contribution in [0.25, 0.3) is 0 Å². The van der Waals surface area contributed by atoms with Gasteiger partial charge in [0.2, 0.25) is 10.0 Å². The van der Waals surface area contributed by atoms with Crippen LogP contribution in [0.1, 0.15) is 24.8 Å². The van der Waals surface area contributed by atoms with Crippen LogP contribution >= 0.6 is 0 Å². The lowest BCUT2D eigenvalue weighted by molar-refractivity contribution is -0.150. The number of ether oxygens (including phenoxy) is 2. The average molecular weight is 471 g/mol. The van der Waals surface area contributed by atoms with Crippen molar-refractivity contribution >= 4 is 16.0 Å². The van der Waals surface area contributed by atoms with Crippen molar-refractivity contribution in [2.45, 2.75) is 30.3 Å². The fourth-order valence-corrected chi connectivity index (χ4v) is 4.89. The van der Waals surface area contributed by atoms with E-state index < -0.39 is 38.5 Å². The molecule has 1 saturated heterocycles. The molecular formula is C22H24F3NO5S. The van der Waals surface area contributed by atoms with Gasteiger partial charge in [0.25, 0.3) is 0 Å². The highest BCUT2D eigenvalue weighted by Crippen LogP contribution is 2.32. The molecule has 0 saturated carbocycles. The molecule has 10 heteroatoms. The van der Waals surface area contributed by atoms with Crippen molar-refractivity contribution < 1.29 is 35.9 Å². The van der Waals surface area contributed by atoms with Gasteiger partial charge in [-0.1, -0.05) is 24.3 Å². The summed E-state index contributed by atoms with van der Waals surface area (Å²) in [6, 6.07) is 12.9. The summed E-state index contributed by atoms with van der Waals surface area (Å²) in [5, 5.41) is 0. The van der Waals surface area contributed by atoms with Gasteiger partial charge in [-0.3, -0.25) is 4.79 Å². The predicted molar refractivity (Wildman–Crippen MR) is 110 cm³/mol. The molecule has 0 N–H and O–H groups in total. The van der Waals surface area contributed by atoms with Crippen molar-refractivity contribution in [3.8, 4) is 5.75 Å². The van der Waals surface area contributed by atoms with Gasteiger partial charge in [0, 0.05) is 19.5 Å². The number of para-hydroxylation sites is 1. The van der Waals surface area contributed by atoms with Gasteiger partial charge < -0.3 is 9.47 Å². The maximum absolute atomic E-state index is 12.9. The molecule has 0 spiro atoms. The quantitative estimate of drug-likeness (QED) is 0.428. The van der Waals surface area contributed by atoms with E-state index in [0.717, 1.165) is 28.3 Å². The first-order valence-corrected chi connectivity index (χ1v) is 11.6. The number of benzene rings is 2. The Morgan fingerprint density at radius 2 is 1.69 bits per heavy atom. The fraction of sp³-hybridized carbons (Fsp3) is 0.409. The monoisotopic (exact) mass is 471 g/mol. The number of carbonyl (C=O) groups excluding carboxylic acids is 1. The van der Waals surface area contributed by atoms with Crippen LogP contribution < -0.4 is 4.74 Å². The van der Waals surface area contributed by atoms with Crippen LogP contribution in [0.3, 0.4) is 0 Å². The molecular weight excluding hydrogens is 447 g/mol. The summed E-state index contributed by atoms with van der Waals surface area (Å²) in [7, 11) is -4.08. The zero-order valence-electron chi connectivity index (χ0n) is 17.3. The standard InChI is InChI=1S/C22H24F3NO5S/c23-22(24,25)18-6-4-9-20(16-18)32(28,29)26-12-10-17(11-13-26)21(27)31-15-5-14-30-19-7-2-1-3-8-19/h1-4,6-9,16-17H,5,10-15H2. The van der Waals surface area contributed by atoms with E-state index in [0.29, 0.717) is 19.1 Å². The molecule has 1 aliphatic rings. The first kappa shape index (κ1) is 24.1. The van der Waals surface area contributed by atoms with Crippen LogP contribution in [0.5, 0.6) is 5.75 Å². The van der Waals surface area contributed by atoms with Gasteiger partial charge >= 0.3 is 12.1 Å². The number of hydrogen-bond donors (Lipinski definition) is 0. The van der Waals surface area contributed by atoms with Crippen LogP contribution in [0.4, 0.5) is 13.2 Å². The molecule has 2 aromatic carbocycles. The van der Waals surface area contributed by atoms with Crippen LogP contribution in [0.15, 0.2) is 59.5 Å². The van der Waals surface area contributed by atoms with Crippen molar-refractivity contribution in [2.24, 2.45) is 5.92 Å². The summed E-state index contributed by atoms with van der Waals surface area (Å²) in [6.45, 7) is 0.657. The Balaban J connectivity index is 1.45. The number of nitrogens with zero attached hydrogens (tertiary/aromatic N) is 1. The van der Waals surface area contributed by atoms with Crippen LogP contribution in [-0.2, 0) is 25.7 Å². The molecule has 0 aromatic heterocycles. The molecule has 0 aliphatic carbocycles. The molecule has 6 nitrogen and oxygen atoms in total. The number of piperidine rings is 1. The van der Waals surface area contributed by atoms with Crippen molar-refractivity contribution in [3.05, 3.63) is 60.2 Å². The number of rotatable bonds is 8. The Hall–Kier alpha value is -2.59. The summed E-state index contributed by atoms with van der Waals surface area (Å²) >= 11 is 0. The lowest BCUT2D eigenvalue weighted by Crippen LogP contribution is -2.40. The highest BCUT2D eigenvalue weighted by atomic mass is 32.2. The number of hydrogen-bond acceptors (Lipinski definition) is 5. The Kier molecular flexibility index (Phi) is 7.78. The number of alkyl halides is 3. The van der Waals surface area contributed by atoms with Crippen molar-refractivity contribution in [2.75, 3.05) is 26.3 Å². The van der Waals surface area contributed by atoms with Gasteiger partial charge in [-0.2, -0.15) is 17.5 Å². The van der Waals surface area contributed by atoms with Gasteiger partial charge in [-0.15, -0.1) is 0 Å². The lowest BCUT2D eigenvalue weighted by atomic mass is 9.98. The SMILES string of the molecule is O=C(OCCCOc1ccccc1)C1CCN(S(=O)(=O)c2cccc(C(F)(F)F)c2)CC1. The molecule has 1 heterocycles. The maximum Gasteiger partial charge on any atom is 0.416 e. The number of esters is 1. The molecule has 2 aromatic rings. The van der Waals surface area contributed by atoms with Crippen LogP contribution in [-0.4, -0.2) is 45.0 Å². The van der Waals surface area contributed by atoms with Gasteiger partial charge in [0.05, 0.1) is 29.6 Å².